The second kappa shape index (κ2) is 7.75. The van der Waals surface area contributed by atoms with Crippen LogP contribution in [0, 0.1) is 0 Å². The lowest BCUT2D eigenvalue weighted by Crippen LogP contribution is -2.39. The Kier molecular flexibility index (Phi) is 5.33. The Hall–Kier alpha value is -2.06. The Morgan fingerprint density at radius 1 is 1.18 bits per heavy atom. The van der Waals surface area contributed by atoms with E-state index in [1.165, 1.54) is 11.9 Å². The molecule has 1 aromatic heterocycles. The molecule has 0 spiro atoms. The summed E-state index contributed by atoms with van der Waals surface area (Å²) in [5.74, 6) is -0.859. The van der Waals surface area contributed by atoms with Crippen molar-refractivity contribution in [2.75, 3.05) is 18.0 Å². The molecule has 8 heteroatoms. The molecule has 2 saturated heterocycles. The van der Waals surface area contributed by atoms with Gasteiger partial charge in [-0.1, -0.05) is 6.08 Å². The zero-order valence-corrected chi connectivity index (χ0v) is 16.3. The Morgan fingerprint density at radius 3 is 2.71 bits per heavy atom. The van der Waals surface area contributed by atoms with Crippen molar-refractivity contribution in [3.05, 3.63) is 41.6 Å². The fraction of sp³-hybridized carbons (Fsp3) is 0.600. The number of anilines is 1. The molecule has 1 aliphatic carbocycles. The van der Waals surface area contributed by atoms with E-state index < -0.39 is 5.92 Å². The highest BCUT2D eigenvalue weighted by Gasteiger charge is 2.36. The van der Waals surface area contributed by atoms with E-state index >= 15 is 0 Å². The molecule has 0 amide bonds. The molecule has 0 radical (unpaired) electrons. The highest BCUT2D eigenvalue weighted by molar-refractivity contribution is 5.43. The van der Waals surface area contributed by atoms with Crippen molar-refractivity contribution in [1.29, 1.82) is 0 Å². The summed E-state index contributed by atoms with van der Waals surface area (Å²) in [5.41, 5.74) is 8.74. The number of hydrogen-bond acceptors (Lipinski definition) is 6. The molecule has 6 nitrogen and oxygen atoms in total. The van der Waals surface area contributed by atoms with Crippen LogP contribution in [0.1, 0.15) is 51.3 Å². The van der Waals surface area contributed by atoms with Gasteiger partial charge >= 0.3 is 0 Å². The topological polar surface area (TPSA) is 62.3 Å². The first-order valence-electron chi connectivity index (χ1n) is 9.93. The molecule has 2 unspecified atom stereocenters. The van der Waals surface area contributed by atoms with Gasteiger partial charge in [-0.15, -0.1) is 0 Å². The van der Waals surface area contributed by atoms with E-state index in [9.17, 15) is 8.78 Å². The second-order valence-electron chi connectivity index (χ2n) is 7.90. The zero-order valence-electron chi connectivity index (χ0n) is 16.3. The van der Waals surface area contributed by atoms with Crippen LogP contribution in [0.15, 0.2) is 35.9 Å². The molecule has 2 atom stereocenters. The zero-order chi connectivity index (χ0) is 19.7. The molecular formula is C20H27F2N5O. The minimum absolute atomic E-state index is 0.0650. The lowest BCUT2D eigenvalue weighted by Gasteiger charge is -2.32. The van der Waals surface area contributed by atoms with Gasteiger partial charge in [-0.05, 0) is 31.9 Å². The smallest absolute Gasteiger partial charge is 0.251 e. The predicted molar refractivity (Wildman–Crippen MR) is 103 cm³/mol. The third-order valence-corrected chi connectivity index (χ3v) is 5.43. The van der Waals surface area contributed by atoms with Crippen molar-refractivity contribution in [1.82, 2.24) is 20.8 Å². The number of hydrazine groups is 1. The fourth-order valence-corrected chi connectivity index (χ4v) is 3.96. The summed E-state index contributed by atoms with van der Waals surface area (Å²) in [6, 6.07) is 2.03. The molecule has 1 aromatic rings. The molecule has 0 bridgehead atoms. The average Bonchev–Trinajstić information content (AvgIpc) is 2.96. The lowest BCUT2D eigenvalue weighted by atomic mass is 9.97. The molecule has 2 N–H and O–H groups in total. The molecule has 4 rings (SSSR count). The van der Waals surface area contributed by atoms with Crippen molar-refractivity contribution >= 4 is 5.82 Å². The molecular weight excluding hydrogens is 364 g/mol. The number of nitrogens with one attached hydrogen (secondary N) is 2. The van der Waals surface area contributed by atoms with Gasteiger partial charge in [-0.3, -0.25) is 0 Å². The molecule has 2 aliphatic heterocycles. The fourth-order valence-electron chi connectivity index (χ4n) is 3.96. The minimum atomic E-state index is -2.57. The number of alkyl halides is 2. The van der Waals surface area contributed by atoms with E-state index in [0.717, 1.165) is 24.3 Å². The van der Waals surface area contributed by atoms with Crippen molar-refractivity contribution in [3.63, 3.8) is 0 Å². The summed E-state index contributed by atoms with van der Waals surface area (Å²) in [6.45, 7) is 4.68. The monoisotopic (exact) mass is 391 g/mol. The van der Waals surface area contributed by atoms with Crippen molar-refractivity contribution < 1.29 is 13.5 Å². The normalized spacial score (nSPS) is 27.1. The number of ether oxygens (including phenoxy) is 1. The lowest BCUT2D eigenvalue weighted by molar-refractivity contribution is -0.0221. The first-order valence-corrected chi connectivity index (χ1v) is 9.93. The summed E-state index contributed by atoms with van der Waals surface area (Å²) in [4.78, 5) is 10.7. The van der Waals surface area contributed by atoms with Crippen molar-refractivity contribution in [2.45, 2.75) is 63.6 Å². The van der Waals surface area contributed by atoms with Crippen LogP contribution in [0.4, 0.5) is 14.6 Å². The van der Waals surface area contributed by atoms with Gasteiger partial charge in [0.2, 0.25) is 0 Å². The van der Waals surface area contributed by atoms with Gasteiger partial charge in [-0.25, -0.2) is 29.6 Å². The van der Waals surface area contributed by atoms with E-state index in [-0.39, 0.29) is 31.0 Å². The van der Waals surface area contributed by atoms with Crippen LogP contribution in [0.3, 0.4) is 0 Å². The van der Waals surface area contributed by atoms with Crippen LogP contribution in [0.25, 0.3) is 0 Å². The van der Waals surface area contributed by atoms with Crippen molar-refractivity contribution in [2.24, 2.45) is 0 Å². The van der Waals surface area contributed by atoms with Crippen LogP contribution in [0.2, 0.25) is 0 Å². The van der Waals surface area contributed by atoms with Crippen LogP contribution in [-0.2, 0) is 4.74 Å². The van der Waals surface area contributed by atoms with Crippen molar-refractivity contribution in [3.8, 4) is 0 Å². The highest BCUT2D eigenvalue weighted by Crippen LogP contribution is 2.34. The summed E-state index contributed by atoms with van der Waals surface area (Å²) < 4.78 is 32.8. The van der Waals surface area contributed by atoms with Crippen LogP contribution < -0.4 is 15.8 Å². The van der Waals surface area contributed by atoms with Gasteiger partial charge < -0.3 is 9.64 Å². The van der Waals surface area contributed by atoms with E-state index in [1.54, 1.807) is 0 Å². The van der Waals surface area contributed by atoms with Gasteiger partial charge in [-0.2, -0.15) is 0 Å². The van der Waals surface area contributed by atoms with Gasteiger partial charge in [0.05, 0.1) is 23.6 Å². The van der Waals surface area contributed by atoms with Gasteiger partial charge in [0.15, 0.2) is 0 Å². The van der Waals surface area contributed by atoms with E-state index in [2.05, 4.69) is 33.0 Å². The number of halogens is 2. The maximum atomic E-state index is 13.5. The molecule has 0 aromatic carbocycles. The van der Waals surface area contributed by atoms with Crippen LogP contribution in [0.5, 0.6) is 0 Å². The van der Waals surface area contributed by atoms with Gasteiger partial charge in [0.1, 0.15) is 12.1 Å². The number of piperidine rings is 1. The number of rotatable bonds is 4. The Balaban J connectivity index is 1.50. The molecule has 3 heterocycles. The summed E-state index contributed by atoms with van der Waals surface area (Å²) in [5, 5.41) is 0. The molecule has 152 valence electrons. The number of fused-ring (bicyclic) bond motifs is 1. The Labute approximate surface area is 164 Å². The SMILES string of the molecule is CC(C)OC1=CCC2NNC(c3cc(N4CCC(F)(F)CC4)ncn3)C2=CC1. The van der Waals surface area contributed by atoms with Gasteiger partial charge in [0, 0.05) is 44.5 Å². The number of aromatic nitrogens is 2. The summed E-state index contributed by atoms with van der Waals surface area (Å²) in [6.07, 6.45) is 7.36. The number of allylic oxidation sites excluding steroid dienone is 1. The molecule has 3 aliphatic rings. The third kappa shape index (κ3) is 4.17. The minimum Gasteiger partial charge on any atom is -0.495 e. The predicted octanol–water partition coefficient (Wildman–Crippen LogP) is 3.26. The van der Waals surface area contributed by atoms with E-state index in [0.29, 0.717) is 18.9 Å². The number of hydrogen-bond donors (Lipinski definition) is 2. The highest BCUT2D eigenvalue weighted by atomic mass is 19.3. The molecule has 28 heavy (non-hydrogen) atoms. The standard InChI is InChI=1S/C20H27F2N5O/c1-13(2)28-14-3-5-15-16(6-4-14)25-26-19(15)17-11-18(24-12-23-17)27-9-7-20(21,22)8-10-27/h4-5,11-13,16,19,25-26H,3,6-10H2,1-2H3. The molecule has 2 fully saturated rings. The maximum absolute atomic E-state index is 13.5. The average molecular weight is 391 g/mol. The van der Waals surface area contributed by atoms with E-state index in [4.69, 9.17) is 4.74 Å². The largest absolute Gasteiger partial charge is 0.495 e. The first kappa shape index (κ1) is 19.3. The summed E-state index contributed by atoms with van der Waals surface area (Å²) >= 11 is 0. The van der Waals surface area contributed by atoms with Crippen LogP contribution in [-0.4, -0.2) is 41.1 Å². The Morgan fingerprint density at radius 2 is 1.96 bits per heavy atom. The second-order valence-corrected chi connectivity index (χ2v) is 7.90. The Bertz CT molecular complexity index is 770. The molecule has 0 saturated carbocycles. The summed E-state index contributed by atoms with van der Waals surface area (Å²) in [7, 11) is 0. The van der Waals surface area contributed by atoms with Gasteiger partial charge in [0.25, 0.3) is 5.92 Å². The van der Waals surface area contributed by atoms with Crippen LogP contribution >= 0.6 is 0 Å². The van der Waals surface area contributed by atoms with E-state index in [1.807, 2.05) is 24.8 Å². The maximum Gasteiger partial charge on any atom is 0.251 e. The number of nitrogens with zero attached hydrogens (tertiary/aromatic N) is 3. The quantitative estimate of drug-likeness (QED) is 0.769. The third-order valence-electron chi connectivity index (χ3n) is 5.43. The first-order chi connectivity index (χ1) is 13.4.